The molecule has 2 N–H and O–H groups in total. The van der Waals surface area contributed by atoms with Gasteiger partial charge in [0.1, 0.15) is 23.7 Å². The van der Waals surface area contributed by atoms with Gasteiger partial charge in [0.25, 0.3) is 5.91 Å². The van der Waals surface area contributed by atoms with Crippen LogP contribution in [-0.4, -0.2) is 46.5 Å². The average molecular weight is 392 g/mol. The number of nitrogens with one attached hydrogen (secondary N) is 2. The van der Waals surface area contributed by atoms with E-state index in [0.29, 0.717) is 29.5 Å². The Kier molecular flexibility index (Phi) is 6.33. The first kappa shape index (κ1) is 20.2. The van der Waals surface area contributed by atoms with E-state index in [1.165, 1.54) is 6.33 Å². The molecule has 1 aromatic carbocycles. The largest absolute Gasteiger partial charge is 0.496 e. The molecule has 0 aliphatic carbocycles. The second-order valence-corrected chi connectivity index (χ2v) is 6.63. The van der Waals surface area contributed by atoms with Crippen LogP contribution in [0.2, 0.25) is 0 Å². The van der Waals surface area contributed by atoms with Crippen molar-refractivity contribution in [3.63, 3.8) is 0 Å². The van der Waals surface area contributed by atoms with Gasteiger partial charge >= 0.3 is 0 Å². The summed E-state index contributed by atoms with van der Waals surface area (Å²) in [5, 5.41) is 5.96. The van der Waals surface area contributed by atoms with Gasteiger partial charge < -0.3 is 15.4 Å². The number of carbonyl (C=O) groups excluding carboxylic acids is 1. The number of rotatable bonds is 7. The Labute approximate surface area is 169 Å². The molecule has 150 valence electrons. The lowest BCUT2D eigenvalue weighted by molar-refractivity contribution is 0.0962. The third kappa shape index (κ3) is 4.84. The number of aromatic nitrogens is 4. The highest BCUT2D eigenvalue weighted by molar-refractivity contribution is 5.94. The molecule has 0 fully saturated rings. The number of aryl methyl sites for hydroxylation is 1. The molecule has 3 aromatic rings. The van der Waals surface area contributed by atoms with Crippen LogP contribution in [0.4, 0.5) is 5.82 Å². The summed E-state index contributed by atoms with van der Waals surface area (Å²) in [5.74, 6) is 2.09. The number of anilines is 1. The third-order valence-electron chi connectivity index (χ3n) is 4.59. The number of amides is 1. The Morgan fingerprint density at radius 1 is 1.14 bits per heavy atom. The summed E-state index contributed by atoms with van der Waals surface area (Å²) in [6.45, 7) is 4.56. The van der Waals surface area contributed by atoms with E-state index >= 15 is 0 Å². The van der Waals surface area contributed by atoms with E-state index < -0.39 is 0 Å². The summed E-state index contributed by atoms with van der Waals surface area (Å²) in [4.78, 5) is 28.8. The van der Waals surface area contributed by atoms with Gasteiger partial charge in [0.15, 0.2) is 0 Å². The lowest BCUT2D eigenvalue weighted by Gasteiger charge is -2.17. The molecule has 0 bridgehead atoms. The maximum atomic E-state index is 11.8. The zero-order valence-electron chi connectivity index (χ0n) is 16.9. The number of methoxy groups -OCH3 is 1. The van der Waals surface area contributed by atoms with Gasteiger partial charge in [0.2, 0.25) is 0 Å². The summed E-state index contributed by atoms with van der Waals surface area (Å²) in [5.41, 5.74) is 3.16. The Hall–Kier alpha value is -3.55. The van der Waals surface area contributed by atoms with Crippen molar-refractivity contribution in [2.75, 3.05) is 26.0 Å². The Morgan fingerprint density at radius 2 is 1.90 bits per heavy atom. The van der Waals surface area contributed by atoms with Crippen LogP contribution in [0.5, 0.6) is 5.75 Å². The van der Waals surface area contributed by atoms with Crippen molar-refractivity contribution in [1.82, 2.24) is 25.3 Å². The van der Waals surface area contributed by atoms with Crippen LogP contribution in [0.1, 0.15) is 34.6 Å². The standard InChI is InChI=1S/C21H24N6O2/c1-13(17-6-5-15(21(28)22-3)7-19(17)29-4)9-25-20-8-18(26-12-27-20)16-10-23-14(2)24-11-16/h5-8,10-13H,9H2,1-4H3,(H,22,28)(H,25,26,27). The first-order chi connectivity index (χ1) is 14.0. The number of nitrogens with zero attached hydrogens (tertiary/aromatic N) is 4. The SMILES string of the molecule is CNC(=O)c1ccc(C(C)CNc2cc(-c3cnc(C)nc3)ncn2)c(OC)c1. The molecule has 0 aliphatic rings. The van der Waals surface area contributed by atoms with Crippen molar-refractivity contribution >= 4 is 11.7 Å². The third-order valence-corrected chi connectivity index (χ3v) is 4.59. The highest BCUT2D eigenvalue weighted by atomic mass is 16.5. The van der Waals surface area contributed by atoms with Crippen molar-refractivity contribution in [2.45, 2.75) is 19.8 Å². The van der Waals surface area contributed by atoms with Crippen LogP contribution in [0.3, 0.4) is 0 Å². The summed E-state index contributed by atoms with van der Waals surface area (Å²) < 4.78 is 5.49. The highest BCUT2D eigenvalue weighted by Crippen LogP contribution is 2.28. The molecule has 0 radical (unpaired) electrons. The minimum Gasteiger partial charge on any atom is -0.496 e. The van der Waals surface area contributed by atoms with Crippen molar-refractivity contribution in [3.05, 3.63) is 59.9 Å². The maximum absolute atomic E-state index is 11.8. The zero-order valence-corrected chi connectivity index (χ0v) is 16.9. The van der Waals surface area contributed by atoms with E-state index in [-0.39, 0.29) is 11.8 Å². The lowest BCUT2D eigenvalue weighted by Crippen LogP contribution is -2.18. The van der Waals surface area contributed by atoms with Gasteiger partial charge in [-0.3, -0.25) is 4.79 Å². The van der Waals surface area contributed by atoms with Crippen molar-refractivity contribution in [2.24, 2.45) is 0 Å². The molecule has 1 amide bonds. The number of ether oxygens (including phenoxy) is 1. The normalized spacial score (nSPS) is 11.6. The lowest BCUT2D eigenvalue weighted by atomic mass is 9.98. The van der Waals surface area contributed by atoms with Crippen LogP contribution in [-0.2, 0) is 0 Å². The maximum Gasteiger partial charge on any atom is 0.251 e. The van der Waals surface area contributed by atoms with Gasteiger partial charge in [-0.05, 0) is 24.6 Å². The summed E-state index contributed by atoms with van der Waals surface area (Å²) in [7, 11) is 3.21. The van der Waals surface area contributed by atoms with Crippen LogP contribution in [0, 0.1) is 6.92 Å². The van der Waals surface area contributed by atoms with Crippen molar-refractivity contribution in [3.8, 4) is 17.0 Å². The predicted octanol–water partition coefficient (Wildman–Crippen LogP) is 2.83. The number of carbonyl (C=O) groups is 1. The smallest absolute Gasteiger partial charge is 0.251 e. The molecule has 2 aromatic heterocycles. The topological polar surface area (TPSA) is 102 Å². The fraction of sp³-hybridized carbons (Fsp3) is 0.286. The zero-order chi connectivity index (χ0) is 20.8. The Bertz CT molecular complexity index is 991. The monoisotopic (exact) mass is 392 g/mol. The highest BCUT2D eigenvalue weighted by Gasteiger charge is 2.15. The quantitative estimate of drug-likeness (QED) is 0.637. The molecule has 2 heterocycles. The van der Waals surface area contributed by atoms with Gasteiger partial charge in [-0.1, -0.05) is 13.0 Å². The van der Waals surface area contributed by atoms with E-state index in [9.17, 15) is 4.79 Å². The molecule has 0 aliphatic heterocycles. The van der Waals surface area contributed by atoms with E-state index in [4.69, 9.17) is 4.74 Å². The molecule has 29 heavy (non-hydrogen) atoms. The molecule has 0 saturated heterocycles. The average Bonchev–Trinajstić information content (AvgIpc) is 2.77. The van der Waals surface area contributed by atoms with Gasteiger partial charge in [0.05, 0.1) is 12.8 Å². The van der Waals surface area contributed by atoms with Crippen LogP contribution in [0.25, 0.3) is 11.3 Å². The first-order valence-electron chi connectivity index (χ1n) is 9.26. The van der Waals surface area contributed by atoms with Gasteiger partial charge in [-0.15, -0.1) is 0 Å². The molecule has 1 atom stereocenters. The fourth-order valence-corrected chi connectivity index (χ4v) is 2.91. The van der Waals surface area contributed by atoms with Crippen molar-refractivity contribution < 1.29 is 9.53 Å². The van der Waals surface area contributed by atoms with Crippen molar-refractivity contribution in [1.29, 1.82) is 0 Å². The summed E-state index contributed by atoms with van der Waals surface area (Å²) >= 11 is 0. The van der Waals surface area contributed by atoms with E-state index in [0.717, 1.165) is 16.8 Å². The minimum atomic E-state index is -0.144. The molecule has 0 spiro atoms. The molecule has 8 nitrogen and oxygen atoms in total. The van der Waals surface area contributed by atoms with Gasteiger partial charge in [-0.2, -0.15) is 0 Å². The molecule has 3 rings (SSSR count). The van der Waals surface area contributed by atoms with Crippen LogP contribution >= 0.6 is 0 Å². The van der Waals surface area contributed by atoms with Gasteiger partial charge in [0, 0.05) is 49.1 Å². The number of benzene rings is 1. The van der Waals surface area contributed by atoms with Gasteiger partial charge in [-0.25, -0.2) is 19.9 Å². The Morgan fingerprint density at radius 3 is 2.59 bits per heavy atom. The second kappa shape index (κ2) is 9.09. The summed E-state index contributed by atoms with van der Waals surface area (Å²) in [6, 6.07) is 7.34. The summed E-state index contributed by atoms with van der Waals surface area (Å²) in [6.07, 6.45) is 5.01. The number of hydrogen-bond donors (Lipinski definition) is 2. The molecule has 0 saturated carbocycles. The minimum absolute atomic E-state index is 0.129. The Balaban J connectivity index is 1.72. The van der Waals surface area contributed by atoms with E-state index in [1.54, 1.807) is 38.7 Å². The fourth-order valence-electron chi connectivity index (χ4n) is 2.91. The first-order valence-corrected chi connectivity index (χ1v) is 9.26. The van der Waals surface area contributed by atoms with Crippen LogP contribution < -0.4 is 15.4 Å². The predicted molar refractivity (Wildman–Crippen MR) is 111 cm³/mol. The van der Waals surface area contributed by atoms with E-state index in [2.05, 4.69) is 37.5 Å². The van der Waals surface area contributed by atoms with Crippen LogP contribution in [0.15, 0.2) is 43.0 Å². The second-order valence-electron chi connectivity index (χ2n) is 6.63. The molecule has 8 heteroatoms. The molecule has 1 unspecified atom stereocenters. The number of hydrogen-bond acceptors (Lipinski definition) is 7. The molecular weight excluding hydrogens is 368 g/mol. The van der Waals surface area contributed by atoms with E-state index in [1.807, 2.05) is 19.1 Å². The molecular formula is C21H24N6O2.